The van der Waals surface area contributed by atoms with E-state index in [1.807, 2.05) is 0 Å². The van der Waals surface area contributed by atoms with Gasteiger partial charge in [0.25, 0.3) is 0 Å². The molecular formula is C10H20N2O2. The molecule has 1 fully saturated rings. The zero-order valence-corrected chi connectivity index (χ0v) is 8.99. The number of hydrogen-bond donors (Lipinski definition) is 2. The molecule has 1 saturated heterocycles. The van der Waals surface area contributed by atoms with Gasteiger partial charge in [-0.05, 0) is 25.2 Å². The number of likely N-dealkylation sites (tertiary alicyclic amines) is 1. The van der Waals surface area contributed by atoms with E-state index in [2.05, 4.69) is 6.92 Å². The Morgan fingerprint density at radius 2 is 2.07 bits per heavy atom. The molecule has 0 bridgehead atoms. The van der Waals surface area contributed by atoms with E-state index in [0.717, 1.165) is 25.9 Å². The van der Waals surface area contributed by atoms with E-state index in [-0.39, 0.29) is 17.9 Å². The van der Waals surface area contributed by atoms with Gasteiger partial charge in [0, 0.05) is 19.7 Å². The van der Waals surface area contributed by atoms with Crippen LogP contribution in [0.25, 0.3) is 0 Å². The van der Waals surface area contributed by atoms with Crippen LogP contribution in [-0.4, -0.2) is 41.7 Å². The molecule has 1 amide bonds. The molecule has 3 N–H and O–H groups in total. The van der Waals surface area contributed by atoms with Crippen LogP contribution in [0, 0.1) is 5.41 Å². The summed E-state index contributed by atoms with van der Waals surface area (Å²) in [6, 6.07) is -0.409. The van der Waals surface area contributed by atoms with Crippen LogP contribution in [-0.2, 0) is 4.79 Å². The maximum absolute atomic E-state index is 11.5. The lowest BCUT2D eigenvalue weighted by atomic mass is 9.81. The minimum Gasteiger partial charge on any atom is -0.396 e. The number of nitrogens with two attached hydrogens (primary N) is 1. The largest absolute Gasteiger partial charge is 0.396 e. The van der Waals surface area contributed by atoms with Crippen LogP contribution >= 0.6 is 0 Å². The predicted molar refractivity (Wildman–Crippen MR) is 54.7 cm³/mol. The Balaban J connectivity index is 2.47. The van der Waals surface area contributed by atoms with E-state index < -0.39 is 6.04 Å². The molecule has 1 aliphatic rings. The number of carbonyl (C=O) groups is 1. The van der Waals surface area contributed by atoms with Gasteiger partial charge in [0.15, 0.2) is 0 Å². The number of carbonyl (C=O) groups excluding carboxylic acids is 1. The van der Waals surface area contributed by atoms with E-state index in [1.54, 1.807) is 11.8 Å². The first-order valence-corrected chi connectivity index (χ1v) is 5.14. The van der Waals surface area contributed by atoms with Gasteiger partial charge in [0.05, 0.1) is 6.04 Å². The molecule has 1 heterocycles. The zero-order chi connectivity index (χ0) is 10.8. The quantitative estimate of drug-likeness (QED) is 0.657. The first-order chi connectivity index (χ1) is 6.48. The molecule has 14 heavy (non-hydrogen) atoms. The molecule has 1 rings (SSSR count). The molecule has 82 valence electrons. The van der Waals surface area contributed by atoms with Gasteiger partial charge in [-0.15, -0.1) is 0 Å². The van der Waals surface area contributed by atoms with Crippen molar-refractivity contribution in [3.63, 3.8) is 0 Å². The third-order valence-corrected chi connectivity index (χ3v) is 3.05. The average molecular weight is 200 g/mol. The molecule has 0 aromatic heterocycles. The number of aliphatic hydroxyl groups excluding tert-OH is 1. The first kappa shape index (κ1) is 11.5. The normalized spacial score (nSPS) is 23.3. The summed E-state index contributed by atoms with van der Waals surface area (Å²) in [6.45, 7) is 5.41. The molecule has 1 unspecified atom stereocenters. The first-order valence-electron chi connectivity index (χ1n) is 5.14. The summed E-state index contributed by atoms with van der Waals surface area (Å²) in [5.74, 6) is 0.0185. The van der Waals surface area contributed by atoms with Crippen molar-refractivity contribution in [2.24, 2.45) is 11.1 Å². The van der Waals surface area contributed by atoms with Crippen LogP contribution in [0.3, 0.4) is 0 Å². The summed E-state index contributed by atoms with van der Waals surface area (Å²) in [5.41, 5.74) is 5.52. The predicted octanol–water partition coefficient (Wildman–Crippen LogP) is -0.0454. The summed E-state index contributed by atoms with van der Waals surface area (Å²) in [4.78, 5) is 13.3. The molecular weight excluding hydrogens is 180 g/mol. The molecule has 0 aromatic rings. The molecule has 0 radical (unpaired) electrons. The highest BCUT2D eigenvalue weighted by atomic mass is 16.3. The molecule has 1 aliphatic heterocycles. The third-order valence-electron chi connectivity index (χ3n) is 3.05. The molecule has 0 saturated carbocycles. The monoisotopic (exact) mass is 200 g/mol. The molecule has 0 aromatic carbocycles. The van der Waals surface area contributed by atoms with Gasteiger partial charge >= 0.3 is 0 Å². The number of amides is 1. The van der Waals surface area contributed by atoms with Crippen LogP contribution in [0.5, 0.6) is 0 Å². The van der Waals surface area contributed by atoms with E-state index >= 15 is 0 Å². The SMILES string of the molecule is CC(N)C(=O)N1CCC(C)(CO)CC1. The summed E-state index contributed by atoms with van der Waals surface area (Å²) in [6.07, 6.45) is 1.73. The van der Waals surface area contributed by atoms with Gasteiger partial charge in [0.2, 0.25) is 5.91 Å². The number of piperidine rings is 1. The third kappa shape index (κ3) is 2.45. The van der Waals surface area contributed by atoms with Crippen LogP contribution in [0.2, 0.25) is 0 Å². The highest BCUT2D eigenvalue weighted by Crippen LogP contribution is 2.29. The van der Waals surface area contributed by atoms with Gasteiger partial charge < -0.3 is 15.7 Å². The van der Waals surface area contributed by atoms with Crippen molar-refractivity contribution in [3.05, 3.63) is 0 Å². The molecule has 0 spiro atoms. The maximum atomic E-state index is 11.5. The second kappa shape index (κ2) is 4.28. The van der Waals surface area contributed by atoms with Crippen LogP contribution in [0.15, 0.2) is 0 Å². The van der Waals surface area contributed by atoms with Crippen molar-refractivity contribution >= 4 is 5.91 Å². The van der Waals surface area contributed by atoms with Crippen molar-refractivity contribution in [1.82, 2.24) is 4.90 Å². The Kier molecular flexibility index (Phi) is 3.50. The van der Waals surface area contributed by atoms with Crippen LogP contribution < -0.4 is 5.73 Å². The number of rotatable bonds is 2. The van der Waals surface area contributed by atoms with Crippen LogP contribution in [0.4, 0.5) is 0 Å². The van der Waals surface area contributed by atoms with Gasteiger partial charge in [-0.2, -0.15) is 0 Å². The summed E-state index contributed by atoms with van der Waals surface area (Å²) < 4.78 is 0. The zero-order valence-electron chi connectivity index (χ0n) is 8.99. The molecule has 4 nitrogen and oxygen atoms in total. The van der Waals surface area contributed by atoms with Crippen molar-refractivity contribution in [3.8, 4) is 0 Å². The van der Waals surface area contributed by atoms with Gasteiger partial charge in [0.1, 0.15) is 0 Å². The topological polar surface area (TPSA) is 66.6 Å². The van der Waals surface area contributed by atoms with Crippen LogP contribution in [0.1, 0.15) is 26.7 Å². The summed E-state index contributed by atoms with van der Waals surface area (Å²) in [7, 11) is 0. The standard InChI is InChI=1S/C10H20N2O2/c1-8(11)9(14)12-5-3-10(2,7-13)4-6-12/h8,13H,3-7,11H2,1-2H3. The van der Waals surface area contributed by atoms with Gasteiger partial charge in [-0.25, -0.2) is 0 Å². The Hall–Kier alpha value is -0.610. The molecule has 0 aliphatic carbocycles. The average Bonchev–Trinajstić information content (AvgIpc) is 2.18. The number of aliphatic hydroxyl groups is 1. The minimum atomic E-state index is -0.409. The lowest BCUT2D eigenvalue weighted by Crippen LogP contribution is -2.48. The van der Waals surface area contributed by atoms with E-state index in [9.17, 15) is 4.79 Å². The highest BCUT2D eigenvalue weighted by molar-refractivity contribution is 5.81. The fourth-order valence-corrected chi connectivity index (χ4v) is 1.71. The number of nitrogens with zero attached hydrogens (tertiary/aromatic N) is 1. The van der Waals surface area contributed by atoms with Crippen molar-refractivity contribution in [1.29, 1.82) is 0 Å². The van der Waals surface area contributed by atoms with E-state index in [1.165, 1.54) is 0 Å². The Morgan fingerprint density at radius 3 is 2.43 bits per heavy atom. The fourth-order valence-electron chi connectivity index (χ4n) is 1.71. The summed E-state index contributed by atoms with van der Waals surface area (Å²) in [5, 5.41) is 9.16. The lowest BCUT2D eigenvalue weighted by Gasteiger charge is -2.38. The van der Waals surface area contributed by atoms with E-state index in [0.29, 0.717) is 0 Å². The molecule has 4 heteroatoms. The van der Waals surface area contributed by atoms with Crippen molar-refractivity contribution in [2.45, 2.75) is 32.7 Å². The Labute approximate surface area is 85.1 Å². The lowest BCUT2D eigenvalue weighted by molar-refractivity contribution is -0.134. The second-order valence-electron chi connectivity index (χ2n) is 4.58. The maximum Gasteiger partial charge on any atom is 0.239 e. The smallest absolute Gasteiger partial charge is 0.239 e. The van der Waals surface area contributed by atoms with Crippen molar-refractivity contribution in [2.75, 3.05) is 19.7 Å². The Morgan fingerprint density at radius 1 is 1.57 bits per heavy atom. The fraction of sp³-hybridized carbons (Fsp3) is 0.900. The molecule has 1 atom stereocenters. The highest BCUT2D eigenvalue weighted by Gasteiger charge is 2.31. The van der Waals surface area contributed by atoms with E-state index in [4.69, 9.17) is 10.8 Å². The van der Waals surface area contributed by atoms with Gasteiger partial charge in [-0.3, -0.25) is 4.79 Å². The minimum absolute atomic E-state index is 0.00534. The van der Waals surface area contributed by atoms with Crippen molar-refractivity contribution < 1.29 is 9.90 Å². The number of hydrogen-bond acceptors (Lipinski definition) is 3. The van der Waals surface area contributed by atoms with Gasteiger partial charge in [-0.1, -0.05) is 6.92 Å². The second-order valence-corrected chi connectivity index (χ2v) is 4.58. The Bertz CT molecular complexity index is 208. The summed E-state index contributed by atoms with van der Waals surface area (Å²) >= 11 is 0.